The van der Waals surface area contributed by atoms with Gasteiger partial charge in [-0.3, -0.25) is 0 Å². The van der Waals surface area contributed by atoms with Gasteiger partial charge in [0.25, 0.3) is 0 Å². The zero-order valence-electron chi connectivity index (χ0n) is 14.7. The van der Waals surface area contributed by atoms with Crippen molar-refractivity contribution in [3.05, 3.63) is 77.6 Å². The SMILES string of the molecule is Cc1c(N2CC=CCC2C=Cc2ccc(C#N)cc2)cnc2[nH]ccc12. The Morgan fingerprint density at radius 1 is 1.23 bits per heavy atom. The first-order valence-corrected chi connectivity index (χ1v) is 8.79. The fourth-order valence-electron chi connectivity index (χ4n) is 3.46. The third-order valence-corrected chi connectivity index (χ3v) is 4.94. The average molecular weight is 340 g/mol. The molecule has 0 saturated carbocycles. The van der Waals surface area contributed by atoms with E-state index in [0.717, 1.165) is 24.2 Å². The Balaban J connectivity index is 1.63. The highest BCUT2D eigenvalue weighted by Crippen LogP contribution is 2.30. The maximum atomic E-state index is 8.92. The molecular weight excluding hydrogens is 320 g/mol. The Bertz CT molecular complexity index is 1020. The van der Waals surface area contributed by atoms with E-state index in [2.05, 4.69) is 58.2 Å². The minimum Gasteiger partial charge on any atom is -0.360 e. The third-order valence-electron chi connectivity index (χ3n) is 4.94. The van der Waals surface area contributed by atoms with E-state index in [4.69, 9.17) is 5.26 Å². The van der Waals surface area contributed by atoms with Crippen molar-refractivity contribution >= 4 is 22.8 Å². The van der Waals surface area contributed by atoms with Gasteiger partial charge in [-0.2, -0.15) is 5.26 Å². The van der Waals surface area contributed by atoms with Crippen molar-refractivity contribution in [3.63, 3.8) is 0 Å². The van der Waals surface area contributed by atoms with Gasteiger partial charge in [-0.05, 0) is 42.7 Å². The molecule has 0 aliphatic carbocycles. The van der Waals surface area contributed by atoms with Crippen LogP contribution in [0.5, 0.6) is 0 Å². The first-order valence-electron chi connectivity index (χ1n) is 8.79. The molecule has 1 aliphatic heterocycles. The van der Waals surface area contributed by atoms with Gasteiger partial charge in [-0.1, -0.05) is 36.4 Å². The highest BCUT2D eigenvalue weighted by molar-refractivity contribution is 5.84. The molecule has 0 radical (unpaired) electrons. The summed E-state index contributed by atoms with van der Waals surface area (Å²) < 4.78 is 0. The molecule has 1 aliphatic rings. The van der Waals surface area contributed by atoms with E-state index in [-0.39, 0.29) is 6.04 Å². The molecule has 1 N–H and O–H groups in total. The van der Waals surface area contributed by atoms with Gasteiger partial charge in [0.15, 0.2) is 0 Å². The molecule has 3 heterocycles. The number of hydrogen-bond donors (Lipinski definition) is 1. The van der Waals surface area contributed by atoms with Gasteiger partial charge in [0.1, 0.15) is 5.65 Å². The van der Waals surface area contributed by atoms with Crippen molar-refractivity contribution in [2.24, 2.45) is 0 Å². The van der Waals surface area contributed by atoms with Crippen molar-refractivity contribution in [3.8, 4) is 6.07 Å². The summed E-state index contributed by atoms with van der Waals surface area (Å²) in [6.45, 7) is 3.04. The summed E-state index contributed by atoms with van der Waals surface area (Å²) in [4.78, 5) is 10.1. The van der Waals surface area contributed by atoms with E-state index in [1.807, 2.05) is 36.7 Å². The molecule has 3 aromatic rings. The largest absolute Gasteiger partial charge is 0.360 e. The number of nitrogens with one attached hydrogen (secondary N) is 1. The molecule has 0 bridgehead atoms. The number of pyridine rings is 1. The Labute approximate surface area is 153 Å². The third kappa shape index (κ3) is 3.00. The predicted octanol–water partition coefficient (Wildman–Crippen LogP) is 4.59. The highest BCUT2D eigenvalue weighted by atomic mass is 15.2. The van der Waals surface area contributed by atoms with Crippen LogP contribution in [-0.2, 0) is 0 Å². The van der Waals surface area contributed by atoms with Crippen LogP contribution in [0.1, 0.15) is 23.1 Å². The predicted molar refractivity (Wildman–Crippen MR) is 106 cm³/mol. The van der Waals surface area contributed by atoms with E-state index >= 15 is 0 Å². The Kier molecular flexibility index (Phi) is 4.28. The summed E-state index contributed by atoms with van der Waals surface area (Å²) >= 11 is 0. The lowest BCUT2D eigenvalue weighted by Crippen LogP contribution is -2.36. The number of anilines is 1. The van der Waals surface area contributed by atoms with E-state index < -0.39 is 0 Å². The Hall–Kier alpha value is -3.32. The molecule has 4 heteroatoms. The lowest BCUT2D eigenvalue weighted by Gasteiger charge is -2.34. The molecule has 1 unspecified atom stereocenters. The number of H-pyrrole nitrogens is 1. The maximum Gasteiger partial charge on any atom is 0.137 e. The standard InChI is InChI=1S/C22H20N4/c1-16-20-11-12-24-22(20)25-15-21(16)26-13-3-2-4-19(26)10-9-17-5-7-18(14-23)8-6-17/h2-3,5-12,15,19H,4,13H2,1H3,(H,24,25). The number of hydrogen-bond acceptors (Lipinski definition) is 3. The van der Waals surface area contributed by atoms with E-state index in [0.29, 0.717) is 5.56 Å². The van der Waals surface area contributed by atoms with Gasteiger partial charge in [0.05, 0.1) is 29.6 Å². The molecule has 26 heavy (non-hydrogen) atoms. The average Bonchev–Trinajstić information content (AvgIpc) is 3.17. The van der Waals surface area contributed by atoms with Crippen LogP contribution in [0, 0.1) is 18.3 Å². The minimum atomic E-state index is 0.285. The number of aryl methyl sites for hydroxylation is 1. The van der Waals surface area contributed by atoms with E-state index in [9.17, 15) is 0 Å². The van der Waals surface area contributed by atoms with Gasteiger partial charge in [0, 0.05) is 18.1 Å². The van der Waals surface area contributed by atoms with Crippen LogP contribution in [0.15, 0.2) is 61.0 Å². The molecule has 2 aromatic heterocycles. The van der Waals surface area contributed by atoms with Crippen LogP contribution in [0.4, 0.5) is 5.69 Å². The van der Waals surface area contributed by atoms with Crippen molar-refractivity contribution < 1.29 is 0 Å². The molecule has 0 spiro atoms. The van der Waals surface area contributed by atoms with Crippen LogP contribution < -0.4 is 4.90 Å². The molecule has 4 nitrogen and oxygen atoms in total. The molecule has 1 atom stereocenters. The minimum absolute atomic E-state index is 0.285. The van der Waals surface area contributed by atoms with Gasteiger partial charge in [-0.15, -0.1) is 0 Å². The maximum absolute atomic E-state index is 8.92. The Morgan fingerprint density at radius 2 is 2.08 bits per heavy atom. The molecule has 128 valence electrons. The summed E-state index contributed by atoms with van der Waals surface area (Å²) in [5, 5.41) is 10.1. The fraction of sp³-hybridized carbons (Fsp3) is 0.182. The van der Waals surface area contributed by atoms with Gasteiger partial charge in [-0.25, -0.2) is 4.98 Å². The van der Waals surface area contributed by atoms with E-state index in [1.165, 1.54) is 16.6 Å². The van der Waals surface area contributed by atoms with Crippen molar-refractivity contribution in [1.29, 1.82) is 5.26 Å². The second-order valence-electron chi connectivity index (χ2n) is 6.53. The first kappa shape index (κ1) is 16.2. The highest BCUT2D eigenvalue weighted by Gasteiger charge is 2.20. The van der Waals surface area contributed by atoms with E-state index in [1.54, 1.807) is 0 Å². The molecule has 1 aromatic carbocycles. The van der Waals surface area contributed by atoms with Crippen LogP contribution in [0.2, 0.25) is 0 Å². The zero-order chi connectivity index (χ0) is 17.9. The molecule has 4 rings (SSSR count). The van der Waals surface area contributed by atoms with Crippen molar-refractivity contribution in [1.82, 2.24) is 9.97 Å². The quantitative estimate of drug-likeness (QED) is 0.709. The first-order chi connectivity index (χ1) is 12.8. The summed E-state index contributed by atoms with van der Waals surface area (Å²) in [7, 11) is 0. The topological polar surface area (TPSA) is 55.7 Å². The van der Waals surface area contributed by atoms with Crippen LogP contribution >= 0.6 is 0 Å². The van der Waals surface area contributed by atoms with Gasteiger partial charge in [0.2, 0.25) is 0 Å². The number of aromatic nitrogens is 2. The normalized spacial score (nSPS) is 17.1. The second-order valence-corrected chi connectivity index (χ2v) is 6.53. The molecule has 0 saturated heterocycles. The van der Waals surface area contributed by atoms with Crippen molar-refractivity contribution in [2.45, 2.75) is 19.4 Å². The zero-order valence-corrected chi connectivity index (χ0v) is 14.7. The summed E-state index contributed by atoms with van der Waals surface area (Å²) in [6, 6.07) is 12.2. The number of benzene rings is 1. The number of fused-ring (bicyclic) bond motifs is 1. The monoisotopic (exact) mass is 340 g/mol. The van der Waals surface area contributed by atoms with Crippen LogP contribution in [-0.4, -0.2) is 22.6 Å². The number of nitrogens with zero attached hydrogens (tertiary/aromatic N) is 3. The molecular formula is C22H20N4. The summed E-state index contributed by atoms with van der Waals surface area (Å²) in [5.74, 6) is 0. The summed E-state index contributed by atoms with van der Waals surface area (Å²) in [5.41, 5.74) is 5.16. The van der Waals surface area contributed by atoms with Crippen molar-refractivity contribution in [2.75, 3.05) is 11.4 Å². The number of nitriles is 1. The smallest absolute Gasteiger partial charge is 0.137 e. The summed E-state index contributed by atoms with van der Waals surface area (Å²) in [6.07, 6.45) is 13.7. The van der Waals surface area contributed by atoms with Gasteiger partial charge >= 0.3 is 0 Å². The number of rotatable bonds is 3. The van der Waals surface area contributed by atoms with Gasteiger partial charge < -0.3 is 9.88 Å². The molecule has 0 amide bonds. The second kappa shape index (κ2) is 6.89. The lowest BCUT2D eigenvalue weighted by atomic mass is 10.0. The molecule has 0 fully saturated rings. The van der Waals surface area contributed by atoms with Crippen LogP contribution in [0.3, 0.4) is 0 Å². The number of aromatic amines is 1. The fourth-order valence-corrected chi connectivity index (χ4v) is 3.46. The van der Waals surface area contributed by atoms with Crippen LogP contribution in [0.25, 0.3) is 17.1 Å². The lowest BCUT2D eigenvalue weighted by molar-refractivity contribution is 0.704. The Morgan fingerprint density at radius 3 is 2.88 bits per heavy atom.